The Labute approximate surface area is 235 Å². The van der Waals surface area contributed by atoms with Crippen molar-refractivity contribution in [3.8, 4) is 40.4 Å². The number of nitrogens with zero attached hydrogens (tertiary/aromatic N) is 2. The first-order valence-electron chi connectivity index (χ1n) is 13.0. The number of rotatable bonds is 5. The number of aromatic amines is 1. The van der Waals surface area contributed by atoms with Crippen LogP contribution < -0.4 is 10.4 Å². The van der Waals surface area contributed by atoms with Crippen molar-refractivity contribution < 1.29 is 17.9 Å². The van der Waals surface area contributed by atoms with Crippen molar-refractivity contribution in [1.82, 2.24) is 15.0 Å². The van der Waals surface area contributed by atoms with E-state index in [1.54, 1.807) is 24.3 Å². The lowest BCUT2D eigenvalue weighted by atomic mass is 10.0. The number of aryl methyl sites for hydroxylation is 1. The molecule has 1 aromatic heterocycles. The molecule has 5 rings (SSSR count). The van der Waals surface area contributed by atoms with Crippen LogP contribution in [-0.4, -0.2) is 15.0 Å². The Hall–Kier alpha value is -4.90. The van der Waals surface area contributed by atoms with Crippen molar-refractivity contribution in [2.24, 2.45) is 0 Å². The molecule has 0 saturated heterocycles. The number of H-pyrrole nitrogens is 1. The highest BCUT2D eigenvalue weighted by molar-refractivity contribution is 5.71. The van der Waals surface area contributed by atoms with Gasteiger partial charge in [0.1, 0.15) is 18.2 Å². The largest absolute Gasteiger partial charge is 0.488 e. The van der Waals surface area contributed by atoms with E-state index in [2.05, 4.69) is 38.9 Å². The zero-order chi connectivity index (χ0) is 29.0. The van der Waals surface area contributed by atoms with Crippen LogP contribution in [0.25, 0.3) is 22.8 Å². The zero-order valence-corrected chi connectivity index (χ0v) is 22.5. The first-order chi connectivity index (χ1) is 19.7. The van der Waals surface area contributed by atoms with E-state index in [-0.39, 0.29) is 29.6 Å². The molecule has 8 heteroatoms. The van der Waals surface area contributed by atoms with E-state index in [1.165, 1.54) is 17.7 Å². The molecule has 4 aromatic rings. The molecule has 41 heavy (non-hydrogen) atoms. The molecule has 0 atom stereocenters. The molecular formula is C33H26F3N3O2. The van der Waals surface area contributed by atoms with Crippen molar-refractivity contribution in [3.63, 3.8) is 0 Å². The van der Waals surface area contributed by atoms with Gasteiger partial charge in [0, 0.05) is 16.7 Å². The molecule has 0 bridgehead atoms. The number of aromatic nitrogens is 3. The van der Waals surface area contributed by atoms with Gasteiger partial charge in [0.2, 0.25) is 0 Å². The van der Waals surface area contributed by atoms with Gasteiger partial charge in [0.25, 0.3) is 0 Å². The van der Waals surface area contributed by atoms with E-state index in [9.17, 15) is 18.0 Å². The predicted molar refractivity (Wildman–Crippen MR) is 152 cm³/mol. The summed E-state index contributed by atoms with van der Waals surface area (Å²) in [5, 5.41) is 0. The van der Waals surface area contributed by atoms with Crippen LogP contribution in [0.15, 0.2) is 94.8 Å². The molecule has 0 unspecified atom stereocenters. The SMILES string of the molecule is CC1=CCCC(C#Cc2ccc(-c3nc(-c4c(OCc5ccccc5C)cccc4C(F)(F)F)[nH]c(=O)n3)cc2)=C1. The van der Waals surface area contributed by atoms with E-state index in [1.807, 2.05) is 38.1 Å². The minimum absolute atomic E-state index is 0.0131. The van der Waals surface area contributed by atoms with Crippen LogP contribution in [-0.2, 0) is 12.8 Å². The minimum atomic E-state index is -4.72. The number of benzene rings is 3. The molecule has 0 aliphatic heterocycles. The summed E-state index contributed by atoms with van der Waals surface area (Å²) in [6.07, 6.45) is 1.36. The van der Waals surface area contributed by atoms with Crippen molar-refractivity contribution in [3.05, 3.63) is 123 Å². The fourth-order valence-electron chi connectivity index (χ4n) is 4.51. The van der Waals surface area contributed by atoms with Crippen LogP contribution in [0.3, 0.4) is 0 Å². The van der Waals surface area contributed by atoms with E-state index < -0.39 is 17.4 Å². The summed E-state index contributed by atoms with van der Waals surface area (Å²) in [6.45, 7) is 3.97. The highest BCUT2D eigenvalue weighted by Gasteiger charge is 2.36. The third kappa shape index (κ3) is 6.64. The number of nitrogens with one attached hydrogen (secondary N) is 1. The first kappa shape index (κ1) is 27.7. The fraction of sp³-hybridized carbons (Fsp3) is 0.182. The molecule has 1 heterocycles. The van der Waals surface area contributed by atoms with Crippen LogP contribution in [0.2, 0.25) is 0 Å². The number of hydrogen-bond acceptors (Lipinski definition) is 4. The Balaban J connectivity index is 1.50. The first-order valence-corrected chi connectivity index (χ1v) is 13.0. The van der Waals surface area contributed by atoms with Gasteiger partial charge < -0.3 is 4.74 Å². The Morgan fingerprint density at radius 2 is 1.73 bits per heavy atom. The lowest BCUT2D eigenvalue weighted by molar-refractivity contribution is -0.137. The standard InChI is InChI=1S/C33H26F3N3O2/c1-21-7-5-9-24(19-21)14-13-23-15-17-25(18-16-23)30-37-31(39-32(40)38-30)29-27(33(34,35)36)11-6-12-28(29)41-20-26-10-4-3-8-22(26)2/h3-4,6-8,10-12,15-19H,5,9,20H2,1-2H3,(H,37,38,39,40). The fourth-order valence-corrected chi connectivity index (χ4v) is 4.51. The third-order valence-corrected chi connectivity index (χ3v) is 6.66. The number of halogens is 3. The summed E-state index contributed by atoms with van der Waals surface area (Å²) in [5.74, 6) is 5.95. The number of ether oxygens (including phenoxy) is 1. The Bertz CT molecular complexity index is 1770. The van der Waals surface area contributed by atoms with Crippen molar-refractivity contribution >= 4 is 0 Å². The summed E-state index contributed by atoms with van der Waals surface area (Å²) in [6, 6.07) is 18.0. The predicted octanol–water partition coefficient (Wildman–Crippen LogP) is 7.42. The molecule has 0 spiro atoms. The second-order valence-corrected chi connectivity index (χ2v) is 9.70. The lowest BCUT2D eigenvalue weighted by Gasteiger charge is -2.17. The molecule has 1 aliphatic rings. The molecule has 0 radical (unpaired) electrons. The normalized spacial score (nSPS) is 13.1. The highest BCUT2D eigenvalue weighted by atomic mass is 19.4. The monoisotopic (exact) mass is 553 g/mol. The van der Waals surface area contributed by atoms with Crippen molar-refractivity contribution in [2.75, 3.05) is 0 Å². The van der Waals surface area contributed by atoms with Crippen LogP contribution in [0.4, 0.5) is 13.2 Å². The van der Waals surface area contributed by atoms with Crippen LogP contribution in [0.1, 0.15) is 42.0 Å². The number of hydrogen-bond donors (Lipinski definition) is 1. The van der Waals surface area contributed by atoms with E-state index in [0.29, 0.717) is 5.56 Å². The second kappa shape index (κ2) is 11.7. The van der Waals surface area contributed by atoms with Gasteiger partial charge in [-0.1, -0.05) is 53.8 Å². The molecule has 0 saturated carbocycles. The van der Waals surface area contributed by atoms with E-state index in [0.717, 1.165) is 41.2 Å². The Morgan fingerprint density at radius 1 is 0.951 bits per heavy atom. The average Bonchev–Trinajstić information content (AvgIpc) is 2.95. The molecule has 1 aliphatic carbocycles. The molecule has 5 nitrogen and oxygen atoms in total. The third-order valence-electron chi connectivity index (χ3n) is 6.66. The van der Waals surface area contributed by atoms with Crippen LogP contribution in [0.5, 0.6) is 5.75 Å². The molecule has 1 N–H and O–H groups in total. The second-order valence-electron chi connectivity index (χ2n) is 9.70. The van der Waals surface area contributed by atoms with Crippen molar-refractivity contribution in [1.29, 1.82) is 0 Å². The average molecular weight is 554 g/mol. The maximum Gasteiger partial charge on any atom is 0.417 e. The summed E-state index contributed by atoms with van der Waals surface area (Å²) in [5.41, 5.74) is 3.05. The summed E-state index contributed by atoms with van der Waals surface area (Å²) in [7, 11) is 0. The van der Waals surface area contributed by atoms with Crippen LogP contribution >= 0.6 is 0 Å². The quantitative estimate of drug-likeness (QED) is 0.261. The van der Waals surface area contributed by atoms with Gasteiger partial charge in [-0.2, -0.15) is 18.2 Å². The summed E-state index contributed by atoms with van der Waals surface area (Å²) in [4.78, 5) is 23.2. The van der Waals surface area contributed by atoms with Gasteiger partial charge in [-0.05, 0) is 80.3 Å². The van der Waals surface area contributed by atoms with Crippen LogP contribution in [0, 0.1) is 18.8 Å². The van der Waals surface area contributed by atoms with Gasteiger partial charge in [0.05, 0.1) is 11.1 Å². The van der Waals surface area contributed by atoms with E-state index in [4.69, 9.17) is 4.74 Å². The van der Waals surface area contributed by atoms with Gasteiger partial charge in [0.15, 0.2) is 5.82 Å². The Kier molecular flexibility index (Phi) is 7.88. The smallest absolute Gasteiger partial charge is 0.417 e. The van der Waals surface area contributed by atoms with Gasteiger partial charge in [-0.15, -0.1) is 0 Å². The number of allylic oxidation sites excluding steroid dienone is 4. The molecule has 3 aromatic carbocycles. The van der Waals surface area contributed by atoms with Gasteiger partial charge in [-0.25, -0.2) is 9.78 Å². The maximum atomic E-state index is 14.1. The lowest BCUT2D eigenvalue weighted by Crippen LogP contribution is -2.17. The van der Waals surface area contributed by atoms with E-state index >= 15 is 0 Å². The van der Waals surface area contributed by atoms with Crippen molar-refractivity contribution in [2.45, 2.75) is 39.5 Å². The Morgan fingerprint density at radius 3 is 2.46 bits per heavy atom. The zero-order valence-electron chi connectivity index (χ0n) is 22.5. The molecular weight excluding hydrogens is 527 g/mol. The van der Waals surface area contributed by atoms with Gasteiger partial charge in [-0.3, -0.25) is 4.98 Å². The maximum absolute atomic E-state index is 14.1. The minimum Gasteiger partial charge on any atom is -0.488 e. The topological polar surface area (TPSA) is 67.9 Å². The molecule has 206 valence electrons. The molecule has 0 fully saturated rings. The highest BCUT2D eigenvalue weighted by Crippen LogP contribution is 2.41. The molecule has 0 amide bonds. The summed E-state index contributed by atoms with van der Waals surface area (Å²) >= 11 is 0. The number of alkyl halides is 3. The van der Waals surface area contributed by atoms with Gasteiger partial charge >= 0.3 is 11.9 Å². The summed E-state index contributed by atoms with van der Waals surface area (Å²) < 4.78 is 48.3.